The van der Waals surface area contributed by atoms with Crippen LogP contribution >= 0.6 is 23.1 Å². The Labute approximate surface area is 138 Å². The number of methoxy groups -OCH3 is 1. The number of nitrogens with zero attached hydrogens (tertiary/aromatic N) is 2. The summed E-state index contributed by atoms with van der Waals surface area (Å²) in [6.07, 6.45) is 1.65. The van der Waals surface area contributed by atoms with Crippen molar-refractivity contribution in [2.24, 2.45) is 0 Å². The van der Waals surface area contributed by atoms with Crippen LogP contribution < -0.4 is 0 Å². The molecule has 3 nitrogen and oxygen atoms in total. The largest absolute Gasteiger partial charge is 0.384 e. The normalized spacial score (nSPS) is 11.2. The molecule has 0 spiro atoms. The number of rotatable bonds is 5. The molecule has 0 bridgehead atoms. The van der Waals surface area contributed by atoms with Gasteiger partial charge in [-0.1, -0.05) is 23.8 Å². The Hall–Kier alpha value is -1.43. The summed E-state index contributed by atoms with van der Waals surface area (Å²) in [6, 6.07) is 6.58. The molecule has 2 aromatic heterocycles. The SMILES string of the molecule is COCCSc1ncnc2scc(-c3ccc(C)cc3C)c12. The fourth-order valence-electron chi connectivity index (χ4n) is 2.49. The first-order chi connectivity index (χ1) is 10.7. The molecule has 114 valence electrons. The summed E-state index contributed by atoms with van der Waals surface area (Å²) in [5.74, 6) is 0.894. The molecular weight excluding hydrogens is 312 g/mol. The van der Waals surface area contributed by atoms with Gasteiger partial charge in [-0.2, -0.15) is 0 Å². The lowest BCUT2D eigenvalue weighted by molar-refractivity contribution is 0.218. The van der Waals surface area contributed by atoms with Crippen molar-refractivity contribution < 1.29 is 4.74 Å². The monoisotopic (exact) mass is 330 g/mol. The predicted octanol–water partition coefficient (Wildman–Crippen LogP) is 4.71. The minimum absolute atomic E-state index is 0.721. The first-order valence-corrected chi connectivity index (χ1v) is 8.99. The highest BCUT2D eigenvalue weighted by Crippen LogP contribution is 2.39. The average Bonchev–Trinajstić information content (AvgIpc) is 2.92. The summed E-state index contributed by atoms with van der Waals surface area (Å²) in [7, 11) is 1.72. The van der Waals surface area contributed by atoms with Crippen LogP contribution in [0.4, 0.5) is 0 Å². The van der Waals surface area contributed by atoms with Crippen LogP contribution in [0.15, 0.2) is 34.9 Å². The summed E-state index contributed by atoms with van der Waals surface area (Å²) in [4.78, 5) is 9.96. The van der Waals surface area contributed by atoms with E-state index >= 15 is 0 Å². The molecule has 0 N–H and O–H groups in total. The molecule has 0 saturated carbocycles. The fraction of sp³-hybridized carbons (Fsp3) is 0.294. The molecule has 3 rings (SSSR count). The Kier molecular flexibility index (Phi) is 4.76. The summed E-state index contributed by atoms with van der Waals surface area (Å²) in [6.45, 7) is 5.00. The Bertz CT molecular complexity index is 798. The Morgan fingerprint density at radius 1 is 1.18 bits per heavy atom. The van der Waals surface area contributed by atoms with Gasteiger partial charge in [-0.15, -0.1) is 23.1 Å². The molecule has 2 heterocycles. The van der Waals surface area contributed by atoms with E-state index in [9.17, 15) is 0 Å². The van der Waals surface area contributed by atoms with E-state index in [4.69, 9.17) is 4.74 Å². The molecule has 22 heavy (non-hydrogen) atoms. The lowest BCUT2D eigenvalue weighted by atomic mass is 9.99. The summed E-state index contributed by atoms with van der Waals surface area (Å²) in [5, 5.41) is 4.40. The Morgan fingerprint density at radius 2 is 2.05 bits per heavy atom. The van der Waals surface area contributed by atoms with Gasteiger partial charge in [0, 0.05) is 23.8 Å². The number of fused-ring (bicyclic) bond motifs is 1. The van der Waals surface area contributed by atoms with Crippen molar-refractivity contribution in [3.63, 3.8) is 0 Å². The van der Waals surface area contributed by atoms with E-state index in [1.807, 2.05) is 0 Å². The van der Waals surface area contributed by atoms with E-state index in [2.05, 4.69) is 47.4 Å². The zero-order chi connectivity index (χ0) is 15.5. The summed E-state index contributed by atoms with van der Waals surface area (Å²) >= 11 is 3.41. The van der Waals surface area contributed by atoms with Crippen molar-refractivity contribution in [1.82, 2.24) is 9.97 Å². The van der Waals surface area contributed by atoms with Crippen LogP contribution in [0.3, 0.4) is 0 Å². The Balaban J connectivity index is 2.10. The Morgan fingerprint density at radius 3 is 2.82 bits per heavy atom. The third kappa shape index (κ3) is 3.02. The van der Waals surface area contributed by atoms with E-state index < -0.39 is 0 Å². The van der Waals surface area contributed by atoms with Crippen LogP contribution in [0.25, 0.3) is 21.3 Å². The highest BCUT2D eigenvalue weighted by atomic mass is 32.2. The number of hydrogen-bond donors (Lipinski definition) is 0. The lowest BCUT2D eigenvalue weighted by Gasteiger charge is -2.08. The van der Waals surface area contributed by atoms with Gasteiger partial charge < -0.3 is 4.74 Å². The van der Waals surface area contributed by atoms with Crippen molar-refractivity contribution >= 4 is 33.3 Å². The smallest absolute Gasteiger partial charge is 0.128 e. The second-order valence-corrected chi connectivity index (χ2v) is 7.11. The van der Waals surface area contributed by atoms with Crippen LogP contribution in [0, 0.1) is 13.8 Å². The highest BCUT2D eigenvalue weighted by Gasteiger charge is 2.14. The van der Waals surface area contributed by atoms with Gasteiger partial charge in [-0.05, 0) is 25.0 Å². The molecule has 0 unspecified atom stereocenters. The molecule has 5 heteroatoms. The number of aryl methyl sites for hydroxylation is 2. The van der Waals surface area contributed by atoms with Crippen molar-refractivity contribution in [3.05, 3.63) is 41.0 Å². The number of ether oxygens (including phenoxy) is 1. The van der Waals surface area contributed by atoms with Gasteiger partial charge in [0.1, 0.15) is 16.2 Å². The maximum Gasteiger partial charge on any atom is 0.128 e. The van der Waals surface area contributed by atoms with E-state index in [1.54, 1.807) is 36.5 Å². The molecule has 0 saturated heterocycles. The van der Waals surface area contributed by atoms with Gasteiger partial charge in [0.15, 0.2) is 0 Å². The molecule has 0 aliphatic heterocycles. The van der Waals surface area contributed by atoms with Crippen LogP contribution in [0.2, 0.25) is 0 Å². The number of benzene rings is 1. The maximum atomic E-state index is 5.14. The standard InChI is InChI=1S/C17H18N2OS2/c1-11-4-5-13(12(2)8-11)14-9-22-17-15(14)16(18-10-19-17)21-7-6-20-3/h4-5,8-10H,6-7H2,1-3H3. The zero-order valence-corrected chi connectivity index (χ0v) is 14.6. The van der Waals surface area contributed by atoms with E-state index in [-0.39, 0.29) is 0 Å². The number of thiophene rings is 1. The predicted molar refractivity (Wildman–Crippen MR) is 94.9 cm³/mol. The second-order valence-electron chi connectivity index (χ2n) is 5.17. The zero-order valence-electron chi connectivity index (χ0n) is 12.9. The van der Waals surface area contributed by atoms with E-state index in [0.29, 0.717) is 0 Å². The topological polar surface area (TPSA) is 35.0 Å². The maximum absolute atomic E-state index is 5.14. The summed E-state index contributed by atoms with van der Waals surface area (Å²) in [5.41, 5.74) is 5.07. The minimum Gasteiger partial charge on any atom is -0.384 e. The van der Waals surface area contributed by atoms with Gasteiger partial charge in [0.05, 0.1) is 12.0 Å². The number of aromatic nitrogens is 2. The molecule has 0 aliphatic carbocycles. The third-order valence-corrected chi connectivity index (χ3v) is 5.37. The van der Waals surface area contributed by atoms with E-state index in [0.717, 1.165) is 22.2 Å². The first kappa shape index (κ1) is 15.5. The first-order valence-electron chi connectivity index (χ1n) is 7.12. The summed E-state index contributed by atoms with van der Waals surface area (Å²) < 4.78 is 5.14. The molecule has 1 aromatic carbocycles. The van der Waals surface area contributed by atoms with Crippen molar-refractivity contribution in [2.45, 2.75) is 18.9 Å². The van der Waals surface area contributed by atoms with Gasteiger partial charge >= 0.3 is 0 Å². The molecule has 0 atom stereocenters. The third-order valence-electron chi connectivity index (χ3n) is 3.53. The van der Waals surface area contributed by atoms with Crippen molar-refractivity contribution in [3.8, 4) is 11.1 Å². The van der Waals surface area contributed by atoms with Crippen LogP contribution in [0.5, 0.6) is 0 Å². The van der Waals surface area contributed by atoms with Crippen molar-refractivity contribution in [1.29, 1.82) is 0 Å². The molecule has 0 aliphatic rings. The van der Waals surface area contributed by atoms with Crippen LogP contribution in [0.1, 0.15) is 11.1 Å². The highest BCUT2D eigenvalue weighted by molar-refractivity contribution is 7.99. The fourth-order valence-corrected chi connectivity index (χ4v) is 4.38. The molecule has 0 amide bonds. The quantitative estimate of drug-likeness (QED) is 0.385. The van der Waals surface area contributed by atoms with E-state index in [1.165, 1.54) is 27.6 Å². The number of hydrogen-bond acceptors (Lipinski definition) is 5. The molecular formula is C17H18N2OS2. The van der Waals surface area contributed by atoms with Crippen LogP contribution in [-0.4, -0.2) is 29.4 Å². The average molecular weight is 330 g/mol. The molecule has 0 fully saturated rings. The lowest BCUT2D eigenvalue weighted by Crippen LogP contribution is -1.93. The van der Waals surface area contributed by atoms with Crippen LogP contribution in [-0.2, 0) is 4.74 Å². The molecule has 0 radical (unpaired) electrons. The minimum atomic E-state index is 0.721. The number of thioether (sulfide) groups is 1. The molecule has 3 aromatic rings. The van der Waals surface area contributed by atoms with Gasteiger partial charge in [0.2, 0.25) is 0 Å². The van der Waals surface area contributed by atoms with Gasteiger partial charge in [-0.25, -0.2) is 9.97 Å². The second kappa shape index (κ2) is 6.77. The van der Waals surface area contributed by atoms with Crippen molar-refractivity contribution in [2.75, 3.05) is 19.5 Å². The van der Waals surface area contributed by atoms with Gasteiger partial charge in [0.25, 0.3) is 0 Å². The van der Waals surface area contributed by atoms with Gasteiger partial charge in [-0.3, -0.25) is 0 Å².